The van der Waals surface area contributed by atoms with Crippen LogP contribution in [0.5, 0.6) is 0 Å². The summed E-state index contributed by atoms with van der Waals surface area (Å²) < 4.78 is 74.3. The third-order valence-electron chi connectivity index (χ3n) is 5.32. The topological polar surface area (TPSA) is 98.0 Å². The minimum absolute atomic E-state index is 0.0556. The van der Waals surface area contributed by atoms with Gasteiger partial charge in [-0.15, -0.1) is 0 Å². The molecular formula is C21H18F3N3O5S2. The molecule has 1 saturated heterocycles. The molecule has 0 spiro atoms. The number of aromatic nitrogens is 1. The minimum Gasteiger partial charge on any atom is -0.468 e. The van der Waals surface area contributed by atoms with Gasteiger partial charge in [-0.1, -0.05) is 11.3 Å². The lowest BCUT2D eigenvalue weighted by Crippen LogP contribution is -2.40. The maximum Gasteiger partial charge on any atom is 0.325 e. The van der Waals surface area contributed by atoms with E-state index in [4.69, 9.17) is 0 Å². The zero-order chi connectivity index (χ0) is 24.6. The van der Waals surface area contributed by atoms with Crippen molar-refractivity contribution in [1.82, 2.24) is 8.87 Å². The molecule has 1 amide bonds. The molecule has 2 heterocycles. The first kappa shape index (κ1) is 24.1. The van der Waals surface area contributed by atoms with Gasteiger partial charge >= 0.3 is 5.97 Å². The average Bonchev–Trinajstić information content (AvgIpc) is 3.40. The van der Waals surface area contributed by atoms with E-state index in [9.17, 15) is 31.2 Å². The van der Waals surface area contributed by atoms with Crippen LogP contribution in [0.4, 0.5) is 13.2 Å². The molecule has 2 aromatic carbocycles. The number of carbonyl (C=O) groups excluding carboxylic acids is 2. The molecule has 1 aromatic heterocycles. The second-order valence-corrected chi connectivity index (χ2v) is 10.4. The van der Waals surface area contributed by atoms with Crippen molar-refractivity contribution in [2.45, 2.75) is 30.3 Å². The fourth-order valence-corrected chi connectivity index (χ4v) is 6.47. The zero-order valence-electron chi connectivity index (χ0n) is 17.7. The highest BCUT2D eigenvalue weighted by molar-refractivity contribution is 7.89. The van der Waals surface area contributed by atoms with Crippen LogP contribution in [0.2, 0.25) is 0 Å². The van der Waals surface area contributed by atoms with Gasteiger partial charge in [-0.3, -0.25) is 9.59 Å². The number of methoxy groups -OCH3 is 1. The van der Waals surface area contributed by atoms with E-state index in [2.05, 4.69) is 9.73 Å². The van der Waals surface area contributed by atoms with Crippen molar-refractivity contribution in [1.29, 1.82) is 0 Å². The highest BCUT2D eigenvalue weighted by atomic mass is 32.2. The van der Waals surface area contributed by atoms with Gasteiger partial charge in [0.25, 0.3) is 5.91 Å². The van der Waals surface area contributed by atoms with E-state index >= 15 is 0 Å². The van der Waals surface area contributed by atoms with Gasteiger partial charge in [0.15, 0.2) is 10.6 Å². The first-order valence-electron chi connectivity index (χ1n) is 10.0. The molecule has 1 aliphatic rings. The van der Waals surface area contributed by atoms with E-state index in [1.807, 2.05) is 0 Å². The fourth-order valence-electron chi connectivity index (χ4n) is 3.74. The van der Waals surface area contributed by atoms with Crippen LogP contribution in [0.3, 0.4) is 0 Å². The Morgan fingerprint density at radius 1 is 1.15 bits per heavy atom. The number of halogens is 3. The summed E-state index contributed by atoms with van der Waals surface area (Å²) in [6.45, 7) is -0.437. The largest absolute Gasteiger partial charge is 0.468 e. The van der Waals surface area contributed by atoms with Crippen LogP contribution in [0.1, 0.15) is 12.8 Å². The molecule has 1 atom stereocenters. The minimum atomic E-state index is -4.11. The lowest BCUT2D eigenvalue weighted by Gasteiger charge is -2.21. The number of fused-ring (bicyclic) bond motifs is 1. The zero-order valence-corrected chi connectivity index (χ0v) is 19.3. The molecule has 0 N–H and O–H groups in total. The number of hydrogen-bond donors (Lipinski definition) is 0. The summed E-state index contributed by atoms with van der Waals surface area (Å²) in [5.41, 5.74) is -0.134. The molecular weight excluding hydrogens is 495 g/mol. The normalized spacial score (nSPS) is 17.4. The Labute approximate surface area is 196 Å². The molecule has 0 saturated carbocycles. The van der Waals surface area contributed by atoms with Gasteiger partial charge in [-0.05, 0) is 43.2 Å². The molecule has 0 aliphatic carbocycles. The highest BCUT2D eigenvalue weighted by Crippen LogP contribution is 2.27. The summed E-state index contributed by atoms with van der Waals surface area (Å²) in [6, 6.07) is 4.76. The van der Waals surface area contributed by atoms with Crippen LogP contribution in [0.15, 0.2) is 46.3 Å². The molecule has 8 nitrogen and oxygen atoms in total. The summed E-state index contributed by atoms with van der Waals surface area (Å²) in [4.78, 5) is 28.7. The molecule has 3 aromatic rings. The van der Waals surface area contributed by atoms with Crippen molar-refractivity contribution in [3.05, 3.63) is 58.7 Å². The van der Waals surface area contributed by atoms with Crippen molar-refractivity contribution in [2.75, 3.05) is 13.7 Å². The Morgan fingerprint density at radius 3 is 2.53 bits per heavy atom. The monoisotopic (exact) mass is 513 g/mol. The molecule has 180 valence electrons. The van der Waals surface area contributed by atoms with Crippen LogP contribution >= 0.6 is 11.3 Å². The molecule has 0 bridgehead atoms. The highest BCUT2D eigenvalue weighted by Gasteiger charge is 2.39. The number of ether oxygens (including phenoxy) is 1. The third-order valence-corrected chi connectivity index (χ3v) is 8.27. The van der Waals surface area contributed by atoms with Gasteiger partial charge in [0.2, 0.25) is 10.0 Å². The van der Waals surface area contributed by atoms with E-state index in [1.165, 1.54) is 0 Å². The first-order chi connectivity index (χ1) is 16.1. The van der Waals surface area contributed by atoms with E-state index in [0.717, 1.165) is 57.7 Å². The van der Waals surface area contributed by atoms with Crippen LogP contribution in [-0.4, -0.2) is 48.9 Å². The number of benzene rings is 2. The van der Waals surface area contributed by atoms with Crippen LogP contribution < -0.4 is 4.80 Å². The maximum absolute atomic E-state index is 14.5. The summed E-state index contributed by atoms with van der Waals surface area (Å²) in [7, 11) is -2.98. The van der Waals surface area contributed by atoms with Crippen molar-refractivity contribution in [2.24, 2.45) is 4.99 Å². The summed E-state index contributed by atoms with van der Waals surface area (Å²) in [5, 5.41) is 0. The Bertz CT molecular complexity index is 1450. The summed E-state index contributed by atoms with van der Waals surface area (Å²) >= 11 is 0.777. The van der Waals surface area contributed by atoms with Crippen molar-refractivity contribution < 1.29 is 35.9 Å². The molecule has 1 fully saturated rings. The maximum atomic E-state index is 14.5. The number of rotatable bonds is 5. The average molecular weight is 514 g/mol. The number of sulfonamides is 1. The molecule has 4 rings (SSSR count). The predicted molar refractivity (Wildman–Crippen MR) is 116 cm³/mol. The summed E-state index contributed by atoms with van der Waals surface area (Å²) in [6.07, 6.45) is 0.578. The van der Waals surface area contributed by atoms with Gasteiger partial charge in [0.1, 0.15) is 24.2 Å². The molecule has 0 radical (unpaired) electrons. The van der Waals surface area contributed by atoms with Crippen LogP contribution in [0.25, 0.3) is 10.2 Å². The second-order valence-electron chi connectivity index (χ2n) is 7.46. The third kappa shape index (κ3) is 4.50. The number of carbonyl (C=O) groups is 2. The van der Waals surface area contributed by atoms with E-state index in [1.54, 1.807) is 0 Å². The Balaban J connectivity index is 1.76. The van der Waals surface area contributed by atoms with Crippen molar-refractivity contribution in [3.8, 4) is 0 Å². The van der Waals surface area contributed by atoms with Gasteiger partial charge in [-0.25, -0.2) is 21.6 Å². The number of nitrogens with zero attached hydrogens (tertiary/aromatic N) is 3. The van der Waals surface area contributed by atoms with Gasteiger partial charge in [-0.2, -0.15) is 9.30 Å². The molecule has 13 heteroatoms. The Morgan fingerprint density at radius 2 is 1.85 bits per heavy atom. The smallest absolute Gasteiger partial charge is 0.325 e. The Hall–Kier alpha value is -3.03. The van der Waals surface area contributed by atoms with Crippen LogP contribution in [-0.2, 0) is 30.9 Å². The van der Waals surface area contributed by atoms with E-state index in [-0.39, 0.29) is 32.9 Å². The second kappa shape index (κ2) is 9.31. The van der Waals surface area contributed by atoms with Gasteiger partial charge in [0, 0.05) is 12.6 Å². The fraction of sp³-hybridized carbons (Fsp3) is 0.286. The Kier molecular flexibility index (Phi) is 6.60. The number of thiazole rings is 1. The summed E-state index contributed by atoms with van der Waals surface area (Å²) in [5.74, 6) is -3.98. The number of esters is 1. The van der Waals surface area contributed by atoms with E-state index in [0.29, 0.717) is 12.5 Å². The first-order valence-corrected chi connectivity index (χ1v) is 12.3. The van der Waals surface area contributed by atoms with Crippen molar-refractivity contribution in [3.63, 3.8) is 0 Å². The molecule has 34 heavy (non-hydrogen) atoms. The lowest BCUT2D eigenvalue weighted by molar-refractivity contribution is -0.141. The van der Waals surface area contributed by atoms with Crippen LogP contribution in [0, 0.1) is 17.5 Å². The standard InChI is InChI=1S/C21H18F3N3O5S2/c1-32-18(28)11-26-19-15(24)9-13(23)10-17(19)33-21(26)25-20(29)16-3-2-8-27(16)34(30,31)14-6-4-12(22)5-7-14/h4-7,9-10,16H,2-3,8,11H2,1H3. The van der Waals surface area contributed by atoms with E-state index < -0.39 is 51.9 Å². The molecule has 1 unspecified atom stereocenters. The molecule has 1 aliphatic heterocycles. The quantitative estimate of drug-likeness (QED) is 0.489. The van der Waals surface area contributed by atoms with Crippen molar-refractivity contribution >= 4 is 43.5 Å². The lowest BCUT2D eigenvalue weighted by atomic mass is 10.2. The number of hydrogen-bond acceptors (Lipinski definition) is 6. The SMILES string of the molecule is COC(=O)Cn1c(=NC(=O)C2CCCN2S(=O)(=O)c2ccc(F)cc2)sc2cc(F)cc(F)c21. The van der Waals surface area contributed by atoms with Gasteiger partial charge < -0.3 is 9.30 Å². The number of amides is 1. The van der Waals surface area contributed by atoms with Gasteiger partial charge in [0.05, 0.1) is 22.2 Å². The predicted octanol–water partition coefficient (Wildman–Crippen LogP) is 2.57.